The smallest absolute Gasteiger partial charge is 0.309 e. The molecule has 1 aliphatic rings. The zero-order chi connectivity index (χ0) is 15.4. The molecule has 1 fully saturated rings. The number of imidazole rings is 1. The van der Waals surface area contributed by atoms with Gasteiger partial charge in [-0.15, -0.1) is 0 Å². The van der Waals surface area contributed by atoms with Gasteiger partial charge in [-0.2, -0.15) is 0 Å². The maximum Gasteiger partial charge on any atom is 0.309 e. The minimum absolute atomic E-state index is 0.102. The lowest BCUT2D eigenvalue weighted by Crippen LogP contribution is -2.40. The van der Waals surface area contributed by atoms with Gasteiger partial charge in [0.1, 0.15) is 5.82 Å². The number of nitrogens with one attached hydrogen (secondary N) is 1. The van der Waals surface area contributed by atoms with Gasteiger partial charge in [0.05, 0.1) is 16.4 Å². The van der Waals surface area contributed by atoms with E-state index in [0.717, 1.165) is 23.3 Å². The van der Waals surface area contributed by atoms with E-state index in [1.165, 1.54) is 0 Å². The number of aromatic amines is 1. The van der Waals surface area contributed by atoms with Crippen LogP contribution in [0.3, 0.4) is 0 Å². The molecule has 5 heteroatoms. The molecule has 0 aliphatic heterocycles. The van der Waals surface area contributed by atoms with Gasteiger partial charge in [0, 0.05) is 10.9 Å². The lowest BCUT2D eigenvalue weighted by Gasteiger charge is -2.37. The summed E-state index contributed by atoms with van der Waals surface area (Å²) in [6, 6.07) is 5.55. The second kappa shape index (κ2) is 4.47. The Balaban J connectivity index is 2.05. The molecule has 2 N–H and O–H groups in total. The molecule has 3 rings (SSSR count). The zero-order valence-corrected chi connectivity index (χ0v) is 13.2. The number of carbonyl (C=O) groups is 1. The minimum Gasteiger partial charge on any atom is -0.481 e. The van der Waals surface area contributed by atoms with E-state index in [1.54, 1.807) is 0 Å². The summed E-state index contributed by atoms with van der Waals surface area (Å²) in [5, 5.41) is 10.3. The molecule has 2 aromatic rings. The quantitative estimate of drug-likeness (QED) is 0.873. The molecule has 2 atom stereocenters. The summed E-state index contributed by atoms with van der Waals surface area (Å²) in [7, 11) is 0. The van der Waals surface area contributed by atoms with Crippen molar-refractivity contribution >= 4 is 28.6 Å². The third kappa shape index (κ3) is 1.96. The number of aliphatic carboxylic acids is 1. The van der Waals surface area contributed by atoms with Gasteiger partial charge < -0.3 is 10.1 Å². The summed E-state index contributed by atoms with van der Waals surface area (Å²) in [6.07, 6.45) is 1.49. The molecule has 21 heavy (non-hydrogen) atoms. The van der Waals surface area contributed by atoms with E-state index >= 15 is 0 Å². The van der Waals surface area contributed by atoms with E-state index in [4.69, 9.17) is 11.6 Å². The van der Waals surface area contributed by atoms with Gasteiger partial charge in [-0.3, -0.25) is 4.79 Å². The van der Waals surface area contributed by atoms with E-state index in [9.17, 15) is 9.90 Å². The van der Waals surface area contributed by atoms with Crippen LogP contribution in [-0.4, -0.2) is 21.0 Å². The number of fused-ring (bicyclic) bond motifs is 1. The molecule has 1 aliphatic carbocycles. The molecule has 1 heterocycles. The number of hydrogen-bond donors (Lipinski definition) is 2. The molecule has 0 unspecified atom stereocenters. The third-order valence-electron chi connectivity index (χ3n) is 5.49. The van der Waals surface area contributed by atoms with Crippen LogP contribution < -0.4 is 0 Å². The van der Waals surface area contributed by atoms with E-state index < -0.39 is 11.4 Å². The summed E-state index contributed by atoms with van der Waals surface area (Å²) in [5.41, 5.74) is 0.677. The highest BCUT2D eigenvalue weighted by Crippen LogP contribution is 2.59. The van der Waals surface area contributed by atoms with Crippen LogP contribution in [0.4, 0.5) is 0 Å². The van der Waals surface area contributed by atoms with Gasteiger partial charge >= 0.3 is 5.97 Å². The lowest BCUT2D eigenvalue weighted by molar-refractivity contribution is -0.153. The van der Waals surface area contributed by atoms with Crippen molar-refractivity contribution in [3.63, 3.8) is 0 Å². The van der Waals surface area contributed by atoms with Crippen LogP contribution in [0, 0.1) is 10.8 Å². The summed E-state index contributed by atoms with van der Waals surface area (Å²) < 4.78 is 0. The standard InChI is InChI=1S/C16H19ClN2O2/c1-15(2)10(6-7-16(15,3)14(20)21)13-18-11-5-4-9(17)8-12(11)19-13/h4-5,8,10H,6-7H2,1-3H3,(H,18,19)(H,20,21)/t10-,16+/m1/s1. The molecule has 1 saturated carbocycles. The van der Waals surface area contributed by atoms with Gasteiger partial charge in [0.15, 0.2) is 0 Å². The summed E-state index contributed by atoms with van der Waals surface area (Å²) in [4.78, 5) is 19.7. The van der Waals surface area contributed by atoms with E-state index in [2.05, 4.69) is 9.97 Å². The van der Waals surface area contributed by atoms with Crippen LogP contribution in [0.15, 0.2) is 18.2 Å². The number of carboxylic acid groups (broad SMARTS) is 1. The second-order valence-corrected chi connectivity index (χ2v) is 7.17. The third-order valence-corrected chi connectivity index (χ3v) is 5.73. The average molecular weight is 307 g/mol. The SMILES string of the molecule is CC1(C)[C@@H](c2nc3ccc(Cl)cc3[nH]2)CC[C@@]1(C)C(=O)O. The number of benzene rings is 1. The molecule has 0 radical (unpaired) electrons. The first-order valence-corrected chi connectivity index (χ1v) is 7.52. The van der Waals surface area contributed by atoms with Crippen LogP contribution in [0.25, 0.3) is 11.0 Å². The van der Waals surface area contributed by atoms with Crippen LogP contribution in [0.2, 0.25) is 5.02 Å². The van der Waals surface area contributed by atoms with Crippen LogP contribution in [0.1, 0.15) is 45.4 Å². The van der Waals surface area contributed by atoms with Crippen LogP contribution in [-0.2, 0) is 4.79 Å². The maximum absolute atomic E-state index is 11.7. The highest BCUT2D eigenvalue weighted by molar-refractivity contribution is 6.31. The molecule has 112 valence electrons. The van der Waals surface area contributed by atoms with E-state index in [0.29, 0.717) is 11.4 Å². The van der Waals surface area contributed by atoms with Crippen molar-refractivity contribution in [3.05, 3.63) is 29.0 Å². The molecule has 1 aromatic heterocycles. The first kappa shape index (κ1) is 14.4. The Morgan fingerprint density at radius 2 is 2.14 bits per heavy atom. The number of H-pyrrole nitrogens is 1. The Labute approximate surface area is 128 Å². The number of carboxylic acids is 1. The van der Waals surface area contributed by atoms with Gasteiger partial charge in [0.25, 0.3) is 0 Å². The summed E-state index contributed by atoms with van der Waals surface area (Å²) in [5.74, 6) is 0.237. The largest absolute Gasteiger partial charge is 0.481 e. The highest BCUT2D eigenvalue weighted by Gasteiger charge is 2.57. The fraction of sp³-hybridized carbons (Fsp3) is 0.500. The average Bonchev–Trinajstić information content (AvgIpc) is 2.89. The second-order valence-electron chi connectivity index (χ2n) is 6.73. The molecular formula is C16H19ClN2O2. The predicted octanol–water partition coefficient (Wildman–Crippen LogP) is 4.21. The zero-order valence-electron chi connectivity index (χ0n) is 12.4. The van der Waals surface area contributed by atoms with Crippen molar-refractivity contribution in [2.45, 2.75) is 39.5 Å². The van der Waals surface area contributed by atoms with Crippen molar-refractivity contribution in [3.8, 4) is 0 Å². The molecule has 0 saturated heterocycles. The summed E-state index contributed by atoms with van der Waals surface area (Å²) in [6.45, 7) is 5.90. The molecular weight excluding hydrogens is 288 g/mol. The molecule has 0 spiro atoms. The number of rotatable bonds is 2. The first-order chi connectivity index (χ1) is 9.75. The first-order valence-electron chi connectivity index (χ1n) is 7.14. The normalized spacial score (nSPS) is 28.1. The van der Waals surface area contributed by atoms with Crippen molar-refractivity contribution in [1.29, 1.82) is 0 Å². The van der Waals surface area contributed by atoms with Gasteiger partial charge in [-0.25, -0.2) is 4.98 Å². The van der Waals surface area contributed by atoms with Crippen molar-refractivity contribution < 1.29 is 9.90 Å². The fourth-order valence-corrected chi connectivity index (χ4v) is 3.70. The summed E-state index contributed by atoms with van der Waals surface area (Å²) >= 11 is 6.01. The van der Waals surface area contributed by atoms with Crippen molar-refractivity contribution in [2.24, 2.45) is 10.8 Å². The Morgan fingerprint density at radius 1 is 1.43 bits per heavy atom. The van der Waals surface area contributed by atoms with Gasteiger partial charge in [-0.1, -0.05) is 25.4 Å². The van der Waals surface area contributed by atoms with E-state index in [-0.39, 0.29) is 11.3 Å². The van der Waals surface area contributed by atoms with Crippen molar-refractivity contribution in [1.82, 2.24) is 9.97 Å². The Kier molecular flexibility index (Phi) is 3.06. The van der Waals surface area contributed by atoms with Gasteiger partial charge in [-0.05, 0) is 43.4 Å². The number of aromatic nitrogens is 2. The number of nitrogens with zero attached hydrogens (tertiary/aromatic N) is 1. The molecule has 4 nitrogen and oxygen atoms in total. The Bertz CT molecular complexity index is 722. The predicted molar refractivity (Wildman–Crippen MR) is 82.6 cm³/mol. The van der Waals surface area contributed by atoms with Crippen LogP contribution >= 0.6 is 11.6 Å². The molecule has 0 amide bonds. The lowest BCUT2D eigenvalue weighted by atomic mass is 9.65. The molecule has 0 bridgehead atoms. The van der Waals surface area contributed by atoms with Crippen LogP contribution in [0.5, 0.6) is 0 Å². The monoisotopic (exact) mass is 306 g/mol. The topological polar surface area (TPSA) is 66.0 Å². The van der Waals surface area contributed by atoms with Crippen molar-refractivity contribution in [2.75, 3.05) is 0 Å². The maximum atomic E-state index is 11.7. The Hall–Kier alpha value is -1.55. The minimum atomic E-state index is -0.728. The van der Waals surface area contributed by atoms with E-state index in [1.807, 2.05) is 39.0 Å². The highest BCUT2D eigenvalue weighted by atomic mass is 35.5. The number of hydrogen-bond acceptors (Lipinski definition) is 2. The molecule has 1 aromatic carbocycles. The fourth-order valence-electron chi connectivity index (χ4n) is 3.53. The number of halogens is 1. The Morgan fingerprint density at radius 3 is 2.76 bits per heavy atom. The van der Waals surface area contributed by atoms with Gasteiger partial charge in [0.2, 0.25) is 0 Å².